The number of thiocarbonyl (C=S) groups is 1. The highest BCUT2D eigenvalue weighted by atomic mass is 32.1. The highest BCUT2D eigenvalue weighted by molar-refractivity contribution is 7.80. The van der Waals surface area contributed by atoms with Crippen molar-refractivity contribution in [2.24, 2.45) is 0 Å². The van der Waals surface area contributed by atoms with Crippen molar-refractivity contribution in [1.82, 2.24) is 15.5 Å². The minimum Gasteiger partial charge on any atom is -0.466 e. The minimum absolute atomic E-state index is 0.0989. The second-order valence-electron chi connectivity index (χ2n) is 9.12. The third-order valence-electron chi connectivity index (χ3n) is 6.17. The summed E-state index contributed by atoms with van der Waals surface area (Å²) in [6, 6.07) is 8.57. The molecule has 2 amide bonds. The van der Waals surface area contributed by atoms with E-state index in [9.17, 15) is 14.4 Å². The van der Waals surface area contributed by atoms with Crippen LogP contribution in [0.5, 0.6) is 0 Å². The van der Waals surface area contributed by atoms with Crippen LogP contribution in [0.1, 0.15) is 83.1 Å². The Bertz CT molecular complexity index is 803. The van der Waals surface area contributed by atoms with Crippen LogP contribution in [0.4, 0.5) is 0 Å². The summed E-state index contributed by atoms with van der Waals surface area (Å²) >= 11 is 5.40. The fraction of sp³-hybridized carbons (Fsp3) is 0.630. The first-order valence-corrected chi connectivity index (χ1v) is 13.5. The quantitative estimate of drug-likeness (QED) is 0.211. The van der Waals surface area contributed by atoms with Gasteiger partial charge in [-0.05, 0) is 24.2 Å². The Balaban J connectivity index is 1.67. The van der Waals surface area contributed by atoms with E-state index in [4.69, 9.17) is 17.0 Å². The zero-order chi connectivity index (χ0) is 25.3. The SMILES string of the molecule is CCCCCCCCCCCCOC(=O)CC1C(=O)NCCN1C(=S)NC(=O)Cc1ccccc1. The van der Waals surface area contributed by atoms with Crippen LogP contribution in [0.2, 0.25) is 0 Å². The molecule has 0 spiro atoms. The summed E-state index contributed by atoms with van der Waals surface area (Å²) in [6.07, 6.45) is 12.2. The number of hydrogen-bond donors (Lipinski definition) is 2. The van der Waals surface area contributed by atoms with E-state index in [0.717, 1.165) is 24.8 Å². The number of nitrogens with zero attached hydrogens (tertiary/aromatic N) is 1. The van der Waals surface area contributed by atoms with Gasteiger partial charge in [0, 0.05) is 13.1 Å². The summed E-state index contributed by atoms with van der Waals surface area (Å²) in [7, 11) is 0. The Morgan fingerprint density at radius 3 is 2.31 bits per heavy atom. The maximum Gasteiger partial charge on any atom is 0.308 e. The number of carbonyl (C=O) groups is 3. The number of ether oxygens (including phenoxy) is 1. The van der Waals surface area contributed by atoms with E-state index in [2.05, 4.69) is 17.6 Å². The van der Waals surface area contributed by atoms with Crippen molar-refractivity contribution in [3.05, 3.63) is 35.9 Å². The van der Waals surface area contributed by atoms with E-state index in [1.807, 2.05) is 30.3 Å². The number of nitrogens with one attached hydrogen (secondary N) is 2. The molecule has 1 atom stereocenters. The second-order valence-corrected chi connectivity index (χ2v) is 9.51. The average molecular weight is 504 g/mol. The zero-order valence-corrected chi connectivity index (χ0v) is 21.9. The largest absolute Gasteiger partial charge is 0.466 e. The molecule has 1 saturated heterocycles. The molecule has 0 aliphatic carbocycles. The molecule has 2 rings (SSSR count). The maximum atomic E-state index is 12.4. The lowest BCUT2D eigenvalue weighted by molar-refractivity contribution is -0.147. The number of unbranched alkanes of at least 4 members (excludes halogenated alkanes) is 9. The highest BCUT2D eigenvalue weighted by Gasteiger charge is 2.34. The number of esters is 1. The first kappa shape index (κ1) is 28.8. The fourth-order valence-electron chi connectivity index (χ4n) is 4.17. The Morgan fingerprint density at radius 1 is 1.03 bits per heavy atom. The van der Waals surface area contributed by atoms with E-state index in [1.165, 1.54) is 44.9 Å². The van der Waals surface area contributed by atoms with Crippen molar-refractivity contribution in [1.29, 1.82) is 0 Å². The van der Waals surface area contributed by atoms with E-state index >= 15 is 0 Å². The molecule has 0 bridgehead atoms. The van der Waals surface area contributed by atoms with Crippen LogP contribution in [0, 0.1) is 0 Å². The van der Waals surface area contributed by atoms with Crippen molar-refractivity contribution in [2.45, 2.75) is 90.0 Å². The number of benzene rings is 1. The van der Waals surface area contributed by atoms with Crippen molar-refractivity contribution in [2.75, 3.05) is 19.7 Å². The van der Waals surface area contributed by atoms with Crippen LogP contribution in [-0.4, -0.2) is 53.5 Å². The maximum absolute atomic E-state index is 12.4. The van der Waals surface area contributed by atoms with Crippen LogP contribution < -0.4 is 10.6 Å². The van der Waals surface area contributed by atoms with Crippen LogP contribution in [0.25, 0.3) is 0 Å². The molecule has 35 heavy (non-hydrogen) atoms. The van der Waals surface area contributed by atoms with Gasteiger partial charge in [0.05, 0.1) is 19.4 Å². The molecule has 2 N–H and O–H groups in total. The molecule has 0 radical (unpaired) electrons. The van der Waals surface area contributed by atoms with Crippen molar-refractivity contribution in [3.63, 3.8) is 0 Å². The molecule has 1 heterocycles. The van der Waals surface area contributed by atoms with Gasteiger partial charge < -0.3 is 20.3 Å². The molecule has 0 aromatic heterocycles. The third kappa shape index (κ3) is 11.7. The van der Waals surface area contributed by atoms with Crippen LogP contribution in [-0.2, 0) is 25.5 Å². The van der Waals surface area contributed by atoms with Gasteiger partial charge in [0.25, 0.3) is 0 Å². The van der Waals surface area contributed by atoms with Gasteiger partial charge in [-0.2, -0.15) is 0 Å². The first-order chi connectivity index (χ1) is 17.0. The molecule has 8 heteroatoms. The third-order valence-corrected chi connectivity index (χ3v) is 6.50. The van der Waals surface area contributed by atoms with Crippen LogP contribution >= 0.6 is 12.2 Å². The van der Waals surface area contributed by atoms with Gasteiger partial charge in [-0.3, -0.25) is 14.4 Å². The lowest BCUT2D eigenvalue weighted by atomic mass is 10.1. The summed E-state index contributed by atoms with van der Waals surface area (Å²) in [6.45, 7) is 3.42. The number of rotatable bonds is 15. The second kappa shape index (κ2) is 17.0. The van der Waals surface area contributed by atoms with Crippen LogP contribution in [0.3, 0.4) is 0 Å². The molecule has 194 valence electrons. The summed E-state index contributed by atoms with van der Waals surface area (Å²) in [5.41, 5.74) is 0.872. The summed E-state index contributed by atoms with van der Waals surface area (Å²) in [5, 5.41) is 5.63. The molecule has 1 aliphatic rings. The van der Waals surface area contributed by atoms with E-state index in [0.29, 0.717) is 19.7 Å². The molecular weight excluding hydrogens is 462 g/mol. The Hall–Kier alpha value is -2.48. The molecule has 1 aromatic rings. The van der Waals surface area contributed by atoms with Crippen molar-refractivity contribution >= 4 is 35.1 Å². The van der Waals surface area contributed by atoms with Gasteiger partial charge in [-0.15, -0.1) is 0 Å². The monoisotopic (exact) mass is 503 g/mol. The summed E-state index contributed by atoms with van der Waals surface area (Å²) in [4.78, 5) is 38.8. The minimum atomic E-state index is -0.784. The standard InChI is InChI=1S/C27H41N3O4S/c1-2-3-4-5-6-7-8-9-10-14-19-34-25(32)21-23-26(33)28-17-18-30(23)27(35)29-24(31)20-22-15-12-11-13-16-22/h11-13,15-16,23H,2-10,14,17-21H2,1H3,(H,28,33)(H,29,31,35). The molecule has 1 aromatic carbocycles. The fourth-order valence-corrected chi connectivity index (χ4v) is 4.50. The summed E-state index contributed by atoms with van der Waals surface area (Å²) < 4.78 is 5.38. The molecule has 7 nitrogen and oxygen atoms in total. The lowest BCUT2D eigenvalue weighted by Gasteiger charge is -2.36. The summed E-state index contributed by atoms with van der Waals surface area (Å²) in [5.74, 6) is -0.965. The number of piperazine rings is 1. The van der Waals surface area contributed by atoms with Gasteiger partial charge in [0.1, 0.15) is 6.04 Å². The molecule has 1 unspecified atom stereocenters. The molecule has 1 fully saturated rings. The first-order valence-electron chi connectivity index (χ1n) is 13.1. The van der Waals surface area contributed by atoms with Gasteiger partial charge in [0.15, 0.2) is 5.11 Å². The van der Waals surface area contributed by atoms with Gasteiger partial charge in [0.2, 0.25) is 11.8 Å². The van der Waals surface area contributed by atoms with Crippen LogP contribution in [0.15, 0.2) is 30.3 Å². The Kier molecular flexibility index (Phi) is 14.0. The van der Waals surface area contributed by atoms with Gasteiger partial charge >= 0.3 is 5.97 Å². The van der Waals surface area contributed by atoms with Crippen molar-refractivity contribution < 1.29 is 19.1 Å². The number of hydrogen-bond acceptors (Lipinski definition) is 5. The normalized spacial score (nSPS) is 15.4. The molecular formula is C27H41N3O4S. The van der Waals surface area contributed by atoms with Gasteiger partial charge in [-0.1, -0.05) is 95.0 Å². The van der Waals surface area contributed by atoms with E-state index in [1.54, 1.807) is 4.90 Å². The topological polar surface area (TPSA) is 87.7 Å². The smallest absolute Gasteiger partial charge is 0.308 e. The van der Waals surface area contributed by atoms with Gasteiger partial charge in [-0.25, -0.2) is 0 Å². The van der Waals surface area contributed by atoms with E-state index in [-0.39, 0.29) is 29.8 Å². The number of amides is 2. The Labute approximate surface area is 215 Å². The van der Waals surface area contributed by atoms with Crippen molar-refractivity contribution in [3.8, 4) is 0 Å². The molecule has 1 aliphatic heterocycles. The Morgan fingerprint density at radius 2 is 1.66 bits per heavy atom. The predicted molar refractivity (Wildman–Crippen MR) is 142 cm³/mol. The number of carbonyl (C=O) groups excluding carboxylic acids is 3. The molecule has 0 saturated carbocycles. The highest BCUT2D eigenvalue weighted by Crippen LogP contribution is 2.13. The lowest BCUT2D eigenvalue weighted by Crippen LogP contribution is -2.60. The van der Waals surface area contributed by atoms with E-state index < -0.39 is 12.0 Å². The zero-order valence-electron chi connectivity index (χ0n) is 21.1. The average Bonchev–Trinajstić information content (AvgIpc) is 2.84. The predicted octanol–water partition coefficient (Wildman–Crippen LogP) is 4.28.